The molecule has 0 spiro atoms. The van der Waals surface area contributed by atoms with Crippen LogP contribution in [0.15, 0.2) is 18.2 Å². The largest absolute Gasteiger partial charge is 0.381 e. The van der Waals surface area contributed by atoms with Crippen LogP contribution in [-0.2, 0) is 0 Å². The molecule has 0 bridgehead atoms. The van der Waals surface area contributed by atoms with Gasteiger partial charge in [0.05, 0.1) is 10.6 Å². The van der Waals surface area contributed by atoms with E-state index < -0.39 is 0 Å². The third-order valence-corrected chi connectivity index (χ3v) is 4.92. The summed E-state index contributed by atoms with van der Waals surface area (Å²) in [5.41, 5.74) is 1.82. The second-order valence-corrected chi connectivity index (χ2v) is 6.87. The highest BCUT2D eigenvalue weighted by Crippen LogP contribution is 2.36. The van der Waals surface area contributed by atoms with Crippen molar-refractivity contribution < 1.29 is 0 Å². The Labute approximate surface area is 118 Å². The predicted octanol–water partition coefficient (Wildman–Crippen LogP) is 4.16. The van der Waals surface area contributed by atoms with Gasteiger partial charge in [0.2, 0.25) is 0 Å². The highest BCUT2D eigenvalue weighted by atomic mass is 35.5. The molecule has 1 unspecified atom stereocenters. The number of hydrogen-bond donors (Lipinski definition) is 1. The zero-order valence-electron chi connectivity index (χ0n) is 10.7. The fourth-order valence-corrected chi connectivity index (χ4v) is 3.90. The topological polar surface area (TPSA) is 35.8 Å². The number of benzene rings is 1. The van der Waals surface area contributed by atoms with E-state index in [0.29, 0.717) is 22.0 Å². The second kappa shape index (κ2) is 5.42. The maximum Gasteiger partial charge on any atom is 0.101 e. The van der Waals surface area contributed by atoms with E-state index >= 15 is 0 Å². The fraction of sp³-hybridized carbons (Fsp3) is 0.500. The molecule has 4 heteroatoms. The van der Waals surface area contributed by atoms with E-state index in [4.69, 9.17) is 16.9 Å². The highest BCUT2D eigenvalue weighted by molar-refractivity contribution is 7.99. The molecule has 0 amide bonds. The first-order chi connectivity index (χ1) is 8.53. The number of nitrogens with one attached hydrogen (secondary N) is 1. The monoisotopic (exact) mass is 280 g/mol. The number of hydrogen-bond acceptors (Lipinski definition) is 3. The summed E-state index contributed by atoms with van der Waals surface area (Å²) >= 11 is 8.04. The molecule has 2 rings (SSSR count). The van der Waals surface area contributed by atoms with Crippen molar-refractivity contribution in [3.8, 4) is 6.07 Å². The molecule has 0 radical (unpaired) electrons. The molecule has 1 aromatic rings. The van der Waals surface area contributed by atoms with Gasteiger partial charge in [-0.05, 0) is 35.8 Å². The van der Waals surface area contributed by atoms with Crippen LogP contribution in [0.25, 0.3) is 0 Å². The molecule has 1 heterocycles. The fourth-order valence-electron chi connectivity index (χ4n) is 2.07. The summed E-state index contributed by atoms with van der Waals surface area (Å²) < 4.78 is 0. The molecular weight excluding hydrogens is 264 g/mol. The molecular formula is C14H17ClN2S. The molecule has 1 atom stereocenters. The molecule has 1 aliphatic heterocycles. The smallest absolute Gasteiger partial charge is 0.101 e. The van der Waals surface area contributed by atoms with Gasteiger partial charge in [0.15, 0.2) is 0 Å². The van der Waals surface area contributed by atoms with Crippen LogP contribution in [0.5, 0.6) is 0 Å². The summed E-state index contributed by atoms with van der Waals surface area (Å²) in [4.78, 5) is 0. The van der Waals surface area contributed by atoms with Gasteiger partial charge < -0.3 is 5.32 Å². The molecule has 1 fully saturated rings. The van der Waals surface area contributed by atoms with Crippen LogP contribution < -0.4 is 5.32 Å². The van der Waals surface area contributed by atoms with Crippen molar-refractivity contribution in [2.24, 2.45) is 5.41 Å². The van der Waals surface area contributed by atoms with E-state index in [-0.39, 0.29) is 0 Å². The Balaban J connectivity index is 2.14. The Morgan fingerprint density at radius 2 is 2.28 bits per heavy atom. The Morgan fingerprint density at radius 1 is 1.50 bits per heavy atom. The number of rotatable bonds is 2. The molecule has 0 aromatic heterocycles. The molecule has 0 saturated carbocycles. The van der Waals surface area contributed by atoms with Crippen LogP contribution in [0.4, 0.5) is 5.69 Å². The molecule has 96 valence electrons. The van der Waals surface area contributed by atoms with Gasteiger partial charge in [-0.3, -0.25) is 0 Å². The van der Waals surface area contributed by atoms with Crippen molar-refractivity contribution in [2.75, 3.05) is 16.8 Å². The van der Waals surface area contributed by atoms with E-state index in [1.807, 2.05) is 23.9 Å². The second-order valence-electron chi connectivity index (χ2n) is 5.32. The summed E-state index contributed by atoms with van der Waals surface area (Å²) in [5, 5.41) is 12.9. The molecule has 0 aliphatic carbocycles. The van der Waals surface area contributed by atoms with E-state index in [2.05, 4.69) is 25.2 Å². The highest BCUT2D eigenvalue weighted by Gasteiger charge is 2.32. The van der Waals surface area contributed by atoms with Crippen molar-refractivity contribution >= 4 is 29.1 Å². The Morgan fingerprint density at radius 3 is 2.89 bits per heavy atom. The Bertz CT molecular complexity index is 479. The van der Waals surface area contributed by atoms with Gasteiger partial charge in [-0.25, -0.2) is 0 Å². The number of thioether (sulfide) groups is 1. The summed E-state index contributed by atoms with van der Waals surface area (Å²) in [6.07, 6.45) is 1.22. The average Bonchev–Trinajstić information content (AvgIpc) is 2.32. The van der Waals surface area contributed by atoms with Gasteiger partial charge >= 0.3 is 0 Å². The predicted molar refractivity (Wildman–Crippen MR) is 79.3 cm³/mol. The molecule has 1 saturated heterocycles. The van der Waals surface area contributed by atoms with E-state index in [1.165, 1.54) is 12.2 Å². The number of anilines is 1. The normalized spacial score (nSPS) is 22.2. The van der Waals surface area contributed by atoms with Crippen molar-refractivity contribution in [1.82, 2.24) is 0 Å². The van der Waals surface area contributed by atoms with Crippen LogP contribution in [0.2, 0.25) is 5.02 Å². The Hall–Kier alpha value is -0.850. The Kier molecular flexibility index (Phi) is 4.09. The molecule has 2 nitrogen and oxygen atoms in total. The quantitative estimate of drug-likeness (QED) is 0.884. The van der Waals surface area contributed by atoms with Gasteiger partial charge in [-0.1, -0.05) is 25.4 Å². The minimum Gasteiger partial charge on any atom is -0.381 e. The van der Waals surface area contributed by atoms with Gasteiger partial charge in [-0.2, -0.15) is 17.0 Å². The van der Waals surface area contributed by atoms with E-state index in [9.17, 15) is 0 Å². The van der Waals surface area contributed by atoms with E-state index in [1.54, 1.807) is 6.07 Å². The summed E-state index contributed by atoms with van der Waals surface area (Å²) in [6, 6.07) is 8.07. The average molecular weight is 281 g/mol. The van der Waals surface area contributed by atoms with Gasteiger partial charge in [-0.15, -0.1) is 0 Å². The van der Waals surface area contributed by atoms with Crippen molar-refractivity contribution in [3.05, 3.63) is 28.8 Å². The SMILES string of the molecule is CC1(C)CCSCC1Nc1ccc(C#N)c(Cl)c1. The maximum atomic E-state index is 8.86. The van der Waals surface area contributed by atoms with Gasteiger partial charge in [0.1, 0.15) is 6.07 Å². The van der Waals surface area contributed by atoms with Gasteiger partial charge in [0, 0.05) is 17.5 Å². The first-order valence-electron chi connectivity index (χ1n) is 6.07. The number of nitriles is 1. The summed E-state index contributed by atoms with van der Waals surface area (Å²) in [7, 11) is 0. The minimum atomic E-state index is 0.297. The third-order valence-electron chi connectivity index (χ3n) is 3.55. The first kappa shape index (κ1) is 13.6. The van der Waals surface area contributed by atoms with Crippen molar-refractivity contribution in [1.29, 1.82) is 5.26 Å². The zero-order chi connectivity index (χ0) is 13.2. The molecule has 1 N–H and O–H groups in total. The number of nitrogens with zero attached hydrogens (tertiary/aromatic N) is 1. The van der Waals surface area contributed by atoms with Crippen LogP contribution in [0, 0.1) is 16.7 Å². The van der Waals surface area contributed by atoms with Crippen molar-refractivity contribution in [2.45, 2.75) is 26.3 Å². The molecule has 1 aromatic carbocycles. The molecule has 1 aliphatic rings. The summed E-state index contributed by atoms with van der Waals surface area (Å²) in [5.74, 6) is 2.35. The minimum absolute atomic E-state index is 0.297. The van der Waals surface area contributed by atoms with E-state index in [0.717, 1.165) is 11.4 Å². The first-order valence-corrected chi connectivity index (χ1v) is 7.60. The number of halogens is 1. The van der Waals surface area contributed by atoms with Crippen LogP contribution in [0.3, 0.4) is 0 Å². The van der Waals surface area contributed by atoms with Gasteiger partial charge in [0.25, 0.3) is 0 Å². The lowest BCUT2D eigenvalue weighted by Gasteiger charge is -2.39. The zero-order valence-corrected chi connectivity index (χ0v) is 12.2. The standard InChI is InChI=1S/C14H17ClN2S/c1-14(2)5-6-18-9-13(14)17-11-4-3-10(8-16)12(15)7-11/h3-4,7,13,17H,5-6,9H2,1-2H3. The third kappa shape index (κ3) is 2.93. The lowest BCUT2D eigenvalue weighted by atomic mass is 9.82. The maximum absolute atomic E-state index is 8.86. The lowest BCUT2D eigenvalue weighted by Crippen LogP contribution is -2.41. The molecule has 18 heavy (non-hydrogen) atoms. The van der Waals surface area contributed by atoms with Crippen LogP contribution >= 0.6 is 23.4 Å². The van der Waals surface area contributed by atoms with Crippen LogP contribution in [-0.4, -0.2) is 17.5 Å². The van der Waals surface area contributed by atoms with Crippen molar-refractivity contribution in [3.63, 3.8) is 0 Å². The van der Waals surface area contributed by atoms with Crippen LogP contribution in [0.1, 0.15) is 25.8 Å². The summed E-state index contributed by atoms with van der Waals surface area (Å²) in [6.45, 7) is 4.60. The lowest BCUT2D eigenvalue weighted by molar-refractivity contribution is 0.305.